The van der Waals surface area contributed by atoms with E-state index in [2.05, 4.69) is 47.8 Å². The van der Waals surface area contributed by atoms with E-state index in [4.69, 9.17) is 14.5 Å². The number of β-amino-alcohol motifs (C(OH)–C–C–N with tert-alkyl or cyclic N) is 1. The number of piperidine rings is 1. The molecule has 0 bridgehead atoms. The van der Waals surface area contributed by atoms with Crippen LogP contribution < -0.4 is 15.5 Å². The quantitative estimate of drug-likeness (QED) is 0.295. The highest BCUT2D eigenvalue weighted by Crippen LogP contribution is 2.31. The molecule has 2 atom stereocenters. The third kappa shape index (κ3) is 7.83. The van der Waals surface area contributed by atoms with E-state index in [1.165, 1.54) is 5.56 Å². The van der Waals surface area contributed by atoms with Crippen LogP contribution in [0.2, 0.25) is 0 Å². The van der Waals surface area contributed by atoms with Crippen molar-refractivity contribution in [3.63, 3.8) is 0 Å². The Hall–Kier alpha value is -4.06. The summed E-state index contributed by atoms with van der Waals surface area (Å²) in [6.45, 7) is 17.5. The lowest BCUT2D eigenvalue weighted by atomic mass is 9.94. The van der Waals surface area contributed by atoms with E-state index in [1.807, 2.05) is 47.6 Å². The van der Waals surface area contributed by atoms with Crippen molar-refractivity contribution in [1.29, 1.82) is 0 Å². The van der Waals surface area contributed by atoms with Crippen LogP contribution in [-0.2, 0) is 22.4 Å². The first-order valence-electron chi connectivity index (χ1n) is 16.2. The summed E-state index contributed by atoms with van der Waals surface area (Å²) in [5, 5.41) is 22.5. The number of aromatic nitrogens is 3. The number of ether oxygens (including phenoxy) is 2. The number of hydrogen-bond donors (Lipinski definition) is 3. The minimum atomic E-state index is -0.732. The number of rotatable bonds is 7. The Bertz CT molecular complexity index is 1570. The van der Waals surface area contributed by atoms with Gasteiger partial charge in [0.15, 0.2) is 5.65 Å². The van der Waals surface area contributed by atoms with Gasteiger partial charge in [-0.05, 0) is 77.5 Å². The SMILES string of the molecule is CC(C)c1cnn2c(N(Cc3ccc4c(c3)NCC4)C(=O)OC(C)(C)C)cc(NCC3CCN(C(=O)OC(C)(C)C)CC3O)nc12. The molecule has 2 aliphatic heterocycles. The van der Waals surface area contributed by atoms with Gasteiger partial charge in [-0.3, -0.25) is 4.90 Å². The number of benzene rings is 1. The van der Waals surface area contributed by atoms with E-state index < -0.39 is 29.5 Å². The average molecular weight is 636 g/mol. The van der Waals surface area contributed by atoms with E-state index >= 15 is 0 Å². The Labute approximate surface area is 271 Å². The average Bonchev–Trinajstić information content (AvgIpc) is 3.60. The topological polar surface area (TPSA) is 134 Å². The maximum absolute atomic E-state index is 13.8. The number of nitrogens with one attached hydrogen (secondary N) is 2. The lowest BCUT2D eigenvalue weighted by Gasteiger charge is -2.36. The maximum atomic E-state index is 13.8. The highest BCUT2D eigenvalue weighted by Gasteiger charge is 2.33. The van der Waals surface area contributed by atoms with Gasteiger partial charge >= 0.3 is 12.2 Å². The van der Waals surface area contributed by atoms with Crippen LogP contribution >= 0.6 is 0 Å². The Morgan fingerprint density at radius 1 is 1.13 bits per heavy atom. The summed E-state index contributed by atoms with van der Waals surface area (Å²) in [4.78, 5) is 34.5. The van der Waals surface area contributed by atoms with Gasteiger partial charge in [-0.2, -0.15) is 9.61 Å². The highest BCUT2D eigenvalue weighted by atomic mass is 16.6. The second-order valence-corrected chi connectivity index (χ2v) is 14.6. The molecular weight excluding hydrogens is 586 g/mol. The lowest BCUT2D eigenvalue weighted by Crippen LogP contribution is -2.49. The normalized spacial score (nSPS) is 18.3. The van der Waals surface area contributed by atoms with E-state index in [-0.39, 0.29) is 24.9 Å². The molecule has 1 aromatic carbocycles. The van der Waals surface area contributed by atoms with Crippen molar-refractivity contribution < 1.29 is 24.2 Å². The number of aliphatic hydroxyl groups is 1. The molecule has 12 heteroatoms. The molecule has 0 radical (unpaired) electrons. The van der Waals surface area contributed by atoms with Gasteiger partial charge in [0, 0.05) is 42.9 Å². The fraction of sp³-hybridized carbons (Fsp3) is 0.588. The second kappa shape index (κ2) is 13.0. The molecule has 0 aliphatic carbocycles. The van der Waals surface area contributed by atoms with Gasteiger partial charge in [-0.15, -0.1) is 0 Å². The molecule has 3 N–H and O–H groups in total. The van der Waals surface area contributed by atoms with Gasteiger partial charge in [0.25, 0.3) is 0 Å². The zero-order chi connectivity index (χ0) is 33.4. The molecule has 0 saturated carbocycles. The molecule has 12 nitrogen and oxygen atoms in total. The van der Waals surface area contributed by atoms with Crippen molar-refractivity contribution in [3.8, 4) is 0 Å². The molecule has 2 unspecified atom stereocenters. The summed E-state index contributed by atoms with van der Waals surface area (Å²) < 4.78 is 13.1. The second-order valence-electron chi connectivity index (χ2n) is 14.6. The number of hydrogen-bond acceptors (Lipinski definition) is 9. The van der Waals surface area contributed by atoms with Gasteiger partial charge in [0.2, 0.25) is 0 Å². The monoisotopic (exact) mass is 635 g/mol. The van der Waals surface area contributed by atoms with Crippen LogP contribution in [0.1, 0.15) is 84.4 Å². The van der Waals surface area contributed by atoms with E-state index in [0.717, 1.165) is 29.8 Å². The molecule has 4 heterocycles. The van der Waals surface area contributed by atoms with Gasteiger partial charge in [0.05, 0.1) is 25.4 Å². The molecule has 2 amide bonds. The number of carbonyl (C=O) groups excluding carboxylic acids is 2. The molecule has 0 spiro atoms. The smallest absolute Gasteiger partial charge is 0.416 e. The first-order chi connectivity index (χ1) is 21.6. The molecule has 1 saturated heterocycles. The molecule has 2 aromatic heterocycles. The first-order valence-corrected chi connectivity index (χ1v) is 16.2. The third-order valence-electron chi connectivity index (χ3n) is 8.14. The molecule has 46 heavy (non-hydrogen) atoms. The zero-order valence-electron chi connectivity index (χ0n) is 28.4. The van der Waals surface area contributed by atoms with Crippen molar-refractivity contribution in [3.05, 3.63) is 47.2 Å². The summed E-state index contributed by atoms with van der Waals surface area (Å²) in [5.41, 5.74) is 3.57. The number of amides is 2. The van der Waals surface area contributed by atoms with Gasteiger partial charge < -0.3 is 30.1 Å². The number of carbonyl (C=O) groups is 2. The van der Waals surface area contributed by atoms with Crippen molar-refractivity contribution in [2.45, 2.75) is 98.0 Å². The number of likely N-dealkylation sites (tertiary alicyclic amines) is 1. The summed E-state index contributed by atoms with van der Waals surface area (Å²) in [6, 6.07) is 8.05. The highest BCUT2D eigenvalue weighted by molar-refractivity contribution is 5.88. The largest absolute Gasteiger partial charge is 0.444 e. The summed E-state index contributed by atoms with van der Waals surface area (Å²) in [6.07, 6.45) is 1.73. The van der Waals surface area contributed by atoms with Crippen LogP contribution in [0.15, 0.2) is 30.5 Å². The van der Waals surface area contributed by atoms with E-state index in [9.17, 15) is 14.7 Å². The van der Waals surface area contributed by atoms with Crippen molar-refractivity contribution in [2.24, 2.45) is 5.92 Å². The summed E-state index contributed by atoms with van der Waals surface area (Å²) in [5.74, 6) is 1.10. The maximum Gasteiger partial charge on any atom is 0.416 e. The van der Waals surface area contributed by atoms with Gasteiger partial charge in [0.1, 0.15) is 22.8 Å². The zero-order valence-corrected chi connectivity index (χ0v) is 28.4. The van der Waals surface area contributed by atoms with Crippen LogP contribution in [0.25, 0.3) is 5.65 Å². The number of aliphatic hydroxyl groups excluding tert-OH is 1. The minimum Gasteiger partial charge on any atom is -0.444 e. The predicted octanol–water partition coefficient (Wildman–Crippen LogP) is 5.79. The minimum absolute atomic E-state index is 0.115. The number of nitrogens with zero attached hydrogens (tertiary/aromatic N) is 5. The number of fused-ring (bicyclic) bond motifs is 2. The molecule has 3 aromatic rings. The fourth-order valence-corrected chi connectivity index (χ4v) is 5.78. The first kappa shape index (κ1) is 33.3. The Morgan fingerprint density at radius 3 is 2.54 bits per heavy atom. The standard InChI is InChI=1S/C34H49N7O5/c1-21(2)25-18-37-41-29(40(32(44)46-34(6,7)8)19-22-9-10-23-11-13-35-26(23)15-22)16-28(38-30(25)41)36-17-24-12-14-39(20-27(24)42)31(43)45-33(3,4)5/h9-10,15-16,18,21,24,27,35,42H,11-14,17,19-20H2,1-8H3,(H,36,38). The van der Waals surface area contributed by atoms with Crippen LogP contribution in [-0.4, -0.2) is 80.3 Å². The van der Waals surface area contributed by atoms with Crippen molar-refractivity contribution in [2.75, 3.05) is 41.7 Å². The van der Waals surface area contributed by atoms with E-state index in [0.29, 0.717) is 36.8 Å². The molecule has 5 rings (SSSR count). The van der Waals surface area contributed by atoms with Crippen LogP contribution in [0, 0.1) is 5.92 Å². The summed E-state index contributed by atoms with van der Waals surface area (Å²) >= 11 is 0. The van der Waals surface area contributed by atoms with Crippen molar-refractivity contribution >= 4 is 35.2 Å². The van der Waals surface area contributed by atoms with Crippen LogP contribution in [0.5, 0.6) is 0 Å². The Morgan fingerprint density at radius 2 is 1.87 bits per heavy atom. The predicted molar refractivity (Wildman–Crippen MR) is 179 cm³/mol. The molecule has 2 aliphatic rings. The lowest BCUT2D eigenvalue weighted by molar-refractivity contribution is -0.0104. The third-order valence-corrected chi connectivity index (χ3v) is 8.14. The number of anilines is 3. The Balaban J connectivity index is 1.43. The molecular formula is C34H49N7O5. The van der Waals surface area contributed by atoms with Crippen LogP contribution in [0.3, 0.4) is 0 Å². The summed E-state index contributed by atoms with van der Waals surface area (Å²) in [7, 11) is 0. The van der Waals surface area contributed by atoms with Gasteiger partial charge in [-0.1, -0.05) is 26.0 Å². The van der Waals surface area contributed by atoms with Gasteiger partial charge in [-0.25, -0.2) is 14.6 Å². The van der Waals surface area contributed by atoms with Crippen LogP contribution in [0.4, 0.5) is 26.9 Å². The van der Waals surface area contributed by atoms with E-state index in [1.54, 1.807) is 20.5 Å². The molecule has 1 fully saturated rings. The molecule has 250 valence electrons. The fourth-order valence-electron chi connectivity index (χ4n) is 5.78. The Kier molecular flexibility index (Phi) is 9.40. The van der Waals surface area contributed by atoms with Crippen molar-refractivity contribution in [1.82, 2.24) is 19.5 Å².